The number of nitrogens with one attached hydrogen (secondary N) is 1. The monoisotopic (exact) mass is 188 g/mol. The molecule has 1 N–H and O–H groups in total. The van der Waals surface area contributed by atoms with Crippen LogP contribution in [0.3, 0.4) is 0 Å². The van der Waals surface area contributed by atoms with Crippen LogP contribution in [0.2, 0.25) is 0 Å². The molecule has 0 radical (unpaired) electrons. The molecule has 0 bridgehead atoms. The van der Waals surface area contributed by atoms with Gasteiger partial charge in [0.05, 0.1) is 0 Å². The number of imide groups is 1. The Kier molecular flexibility index (Phi) is 2.07. The van der Waals surface area contributed by atoms with Gasteiger partial charge in [0.25, 0.3) is 5.91 Å². The molecule has 5 heteroatoms. The quantitative estimate of drug-likeness (QED) is 0.432. The Bertz CT molecular complexity index is 234. The lowest BCUT2D eigenvalue weighted by molar-refractivity contribution is -0.128. The van der Waals surface area contributed by atoms with Crippen LogP contribution in [-0.4, -0.2) is 27.8 Å². The molecule has 1 saturated heterocycles. The molecule has 1 rings (SSSR count). The Morgan fingerprint density at radius 1 is 1.42 bits per heavy atom. The van der Waals surface area contributed by atoms with Gasteiger partial charge in [-0.25, -0.2) is 4.79 Å². The lowest BCUT2D eigenvalue weighted by Crippen LogP contribution is -2.45. The summed E-state index contributed by atoms with van der Waals surface area (Å²) in [5.41, 5.74) is -0.474. The third kappa shape index (κ3) is 1.41. The molecule has 4 nitrogen and oxygen atoms in total. The number of hydrogen-bond donors (Lipinski definition) is 2. The van der Waals surface area contributed by atoms with Gasteiger partial charge < -0.3 is 5.32 Å². The molecule has 1 atom stereocenters. The highest BCUT2D eigenvalue weighted by Gasteiger charge is 2.42. The maximum absolute atomic E-state index is 11.3. The molecule has 0 aromatic carbocycles. The van der Waals surface area contributed by atoms with Crippen LogP contribution in [0.15, 0.2) is 0 Å². The van der Waals surface area contributed by atoms with Crippen LogP contribution in [0, 0.1) is 0 Å². The molecular weight excluding hydrogens is 176 g/mol. The van der Waals surface area contributed by atoms with E-state index in [1.807, 2.05) is 0 Å². The van der Waals surface area contributed by atoms with E-state index in [0.29, 0.717) is 0 Å². The summed E-state index contributed by atoms with van der Waals surface area (Å²) in [5.74, 6) is -0.282. The molecule has 68 valence electrons. The van der Waals surface area contributed by atoms with E-state index < -0.39 is 10.9 Å². The van der Waals surface area contributed by atoms with Gasteiger partial charge in [-0.15, -0.1) is 12.6 Å². The van der Waals surface area contributed by atoms with Crippen molar-refractivity contribution in [3.8, 4) is 0 Å². The number of rotatable bonds is 0. The van der Waals surface area contributed by atoms with Gasteiger partial charge in [-0.3, -0.25) is 9.69 Å². The molecule has 0 spiro atoms. The highest BCUT2D eigenvalue weighted by molar-refractivity contribution is 7.81. The zero-order valence-corrected chi connectivity index (χ0v) is 8.18. The number of carbonyl (C=O) groups excluding carboxylic acids is 2. The second kappa shape index (κ2) is 2.65. The highest BCUT2D eigenvalue weighted by atomic mass is 32.1. The first-order valence-corrected chi connectivity index (χ1v) is 4.18. The van der Waals surface area contributed by atoms with E-state index in [9.17, 15) is 9.59 Å². The number of nitrogens with zero attached hydrogens (tertiary/aromatic N) is 1. The van der Waals surface area contributed by atoms with Crippen LogP contribution in [0.1, 0.15) is 20.8 Å². The number of thiol groups is 1. The Morgan fingerprint density at radius 2 is 1.92 bits per heavy atom. The van der Waals surface area contributed by atoms with Crippen LogP contribution >= 0.6 is 12.6 Å². The van der Waals surface area contributed by atoms with Crippen LogP contribution in [0.25, 0.3) is 0 Å². The molecule has 0 aliphatic carbocycles. The molecular formula is C7H12N2O2S. The lowest BCUT2D eigenvalue weighted by Gasteiger charge is -2.28. The molecule has 1 unspecified atom stereocenters. The van der Waals surface area contributed by atoms with Crippen molar-refractivity contribution in [2.75, 3.05) is 0 Å². The number of hydrogen-bond acceptors (Lipinski definition) is 3. The summed E-state index contributed by atoms with van der Waals surface area (Å²) < 4.78 is 0. The predicted molar refractivity (Wildman–Crippen MR) is 47.9 cm³/mol. The van der Waals surface area contributed by atoms with Gasteiger partial charge >= 0.3 is 6.03 Å². The summed E-state index contributed by atoms with van der Waals surface area (Å²) >= 11 is 3.91. The molecule has 1 fully saturated rings. The molecule has 12 heavy (non-hydrogen) atoms. The van der Waals surface area contributed by atoms with Crippen molar-refractivity contribution in [3.63, 3.8) is 0 Å². The zero-order chi connectivity index (χ0) is 9.52. The van der Waals surface area contributed by atoms with Gasteiger partial charge in [0.2, 0.25) is 0 Å². The lowest BCUT2D eigenvalue weighted by atomic mass is 10.1. The SMILES string of the molecule is CC(C)(C)N1C(=O)NC(S)C1=O. The predicted octanol–water partition coefficient (Wildman–Crippen LogP) is 0.593. The molecule has 1 aliphatic heterocycles. The Balaban J connectivity index is 2.92. The topological polar surface area (TPSA) is 49.4 Å². The summed E-state index contributed by atoms with van der Waals surface area (Å²) in [6.45, 7) is 5.41. The van der Waals surface area contributed by atoms with Gasteiger partial charge in [0, 0.05) is 5.54 Å². The second-order valence-corrected chi connectivity index (χ2v) is 4.21. The number of amides is 3. The van der Waals surface area contributed by atoms with Crippen LogP contribution in [0.4, 0.5) is 4.79 Å². The summed E-state index contributed by atoms with van der Waals surface area (Å²) in [6, 6.07) is -0.368. The zero-order valence-electron chi connectivity index (χ0n) is 7.29. The van der Waals surface area contributed by atoms with Crippen molar-refractivity contribution >= 4 is 24.6 Å². The van der Waals surface area contributed by atoms with Gasteiger partial charge in [-0.05, 0) is 20.8 Å². The smallest absolute Gasteiger partial charge is 0.317 e. The minimum absolute atomic E-state index is 0.282. The maximum Gasteiger partial charge on any atom is 0.325 e. The first kappa shape index (κ1) is 9.38. The average Bonchev–Trinajstić information content (AvgIpc) is 2.05. The van der Waals surface area contributed by atoms with Crippen LogP contribution in [0.5, 0.6) is 0 Å². The van der Waals surface area contributed by atoms with Gasteiger partial charge in [0.1, 0.15) is 0 Å². The summed E-state index contributed by atoms with van der Waals surface area (Å²) in [7, 11) is 0. The van der Waals surface area contributed by atoms with E-state index in [1.54, 1.807) is 20.8 Å². The second-order valence-electron chi connectivity index (χ2n) is 3.70. The number of urea groups is 1. The van der Waals surface area contributed by atoms with E-state index in [2.05, 4.69) is 17.9 Å². The fraction of sp³-hybridized carbons (Fsp3) is 0.714. The Labute approximate surface area is 76.7 Å². The maximum atomic E-state index is 11.3. The van der Waals surface area contributed by atoms with E-state index in [-0.39, 0.29) is 11.9 Å². The van der Waals surface area contributed by atoms with Crippen molar-refractivity contribution in [2.45, 2.75) is 31.7 Å². The minimum Gasteiger partial charge on any atom is -0.317 e. The molecule has 1 heterocycles. The molecule has 0 aromatic heterocycles. The summed E-state index contributed by atoms with van der Waals surface area (Å²) in [5, 5.41) is 1.74. The van der Waals surface area contributed by atoms with Crippen LogP contribution in [-0.2, 0) is 4.79 Å². The van der Waals surface area contributed by atoms with E-state index >= 15 is 0 Å². The molecule has 3 amide bonds. The van der Waals surface area contributed by atoms with Crippen LogP contribution < -0.4 is 5.32 Å². The summed E-state index contributed by atoms with van der Waals surface area (Å²) in [6.07, 6.45) is 0. The molecule has 0 saturated carbocycles. The van der Waals surface area contributed by atoms with Gasteiger partial charge in [-0.2, -0.15) is 0 Å². The fourth-order valence-electron chi connectivity index (χ4n) is 1.10. The van der Waals surface area contributed by atoms with Crippen molar-refractivity contribution in [2.24, 2.45) is 0 Å². The van der Waals surface area contributed by atoms with Gasteiger partial charge in [0.15, 0.2) is 5.37 Å². The molecule has 0 aromatic rings. The largest absolute Gasteiger partial charge is 0.325 e. The fourth-order valence-corrected chi connectivity index (χ4v) is 1.33. The third-order valence-electron chi connectivity index (χ3n) is 1.59. The Morgan fingerprint density at radius 3 is 2.08 bits per heavy atom. The van der Waals surface area contributed by atoms with Crippen molar-refractivity contribution < 1.29 is 9.59 Å². The van der Waals surface area contributed by atoms with Crippen molar-refractivity contribution in [3.05, 3.63) is 0 Å². The Hall–Kier alpha value is -0.710. The third-order valence-corrected chi connectivity index (χ3v) is 1.94. The van der Waals surface area contributed by atoms with E-state index in [1.165, 1.54) is 4.90 Å². The minimum atomic E-state index is -0.684. The normalized spacial score (nSPS) is 24.7. The first-order chi connectivity index (χ1) is 5.34. The summed E-state index contributed by atoms with van der Waals surface area (Å²) in [4.78, 5) is 23.7. The average molecular weight is 188 g/mol. The number of carbonyl (C=O) groups is 2. The highest BCUT2D eigenvalue weighted by Crippen LogP contribution is 2.20. The first-order valence-electron chi connectivity index (χ1n) is 3.66. The van der Waals surface area contributed by atoms with E-state index in [0.717, 1.165) is 0 Å². The molecule has 1 aliphatic rings. The van der Waals surface area contributed by atoms with Crippen molar-refractivity contribution in [1.82, 2.24) is 10.2 Å². The van der Waals surface area contributed by atoms with Crippen molar-refractivity contribution in [1.29, 1.82) is 0 Å². The standard InChI is InChI=1S/C7H12N2O2S/c1-7(2,3)9-5(10)4(12)8-6(9)11/h4,12H,1-3H3,(H,8,11). The van der Waals surface area contributed by atoms with E-state index in [4.69, 9.17) is 0 Å². The van der Waals surface area contributed by atoms with Gasteiger partial charge in [-0.1, -0.05) is 0 Å².